The summed E-state index contributed by atoms with van der Waals surface area (Å²) in [4.78, 5) is 0. The van der Waals surface area contributed by atoms with E-state index in [1.54, 1.807) is 0 Å². The van der Waals surface area contributed by atoms with E-state index in [2.05, 4.69) is 182 Å². The van der Waals surface area contributed by atoms with E-state index < -0.39 is 0 Å². The molecule has 3 aliphatic carbocycles. The monoisotopic (exact) mass is 736 g/mol. The lowest BCUT2D eigenvalue weighted by Gasteiger charge is -2.28. The average Bonchev–Trinajstić information content (AvgIpc) is 3.96. The maximum absolute atomic E-state index is 6.76. The highest BCUT2D eigenvalue weighted by Crippen LogP contribution is 2.55. The van der Waals surface area contributed by atoms with Crippen LogP contribution in [0.25, 0.3) is 109 Å². The van der Waals surface area contributed by atoms with E-state index in [0.29, 0.717) is 11.8 Å². The van der Waals surface area contributed by atoms with Gasteiger partial charge in [0.2, 0.25) is 0 Å². The predicted molar refractivity (Wildman–Crippen MR) is 242 cm³/mol. The molecule has 0 saturated carbocycles. The van der Waals surface area contributed by atoms with Gasteiger partial charge in [-0.15, -0.1) is 0 Å². The van der Waals surface area contributed by atoms with Crippen molar-refractivity contribution < 1.29 is 8.83 Å². The maximum Gasteiger partial charge on any atom is 0.143 e. The van der Waals surface area contributed by atoms with Crippen LogP contribution in [-0.2, 0) is 0 Å². The third-order valence-electron chi connectivity index (χ3n) is 13.4. The minimum absolute atomic E-state index is 0.361. The Morgan fingerprint density at radius 3 is 2.00 bits per heavy atom. The van der Waals surface area contributed by atoms with Crippen LogP contribution in [0.5, 0.6) is 0 Å². The number of furan rings is 2. The molecule has 14 rings (SSSR count). The Bertz CT molecular complexity index is 3780. The van der Waals surface area contributed by atoms with Crippen LogP contribution < -0.4 is 0 Å². The van der Waals surface area contributed by atoms with Crippen LogP contribution in [0.15, 0.2) is 196 Å². The van der Waals surface area contributed by atoms with Crippen molar-refractivity contribution in [2.45, 2.75) is 5.92 Å². The van der Waals surface area contributed by atoms with Gasteiger partial charge >= 0.3 is 0 Å². The molecule has 0 fully saturated rings. The van der Waals surface area contributed by atoms with Crippen LogP contribution in [0.1, 0.15) is 22.6 Å². The van der Waals surface area contributed by atoms with Gasteiger partial charge in [-0.05, 0) is 125 Å². The molecule has 2 heteroatoms. The van der Waals surface area contributed by atoms with E-state index >= 15 is 0 Å². The fourth-order valence-corrected chi connectivity index (χ4v) is 10.9. The zero-order valence-corrected chi connectivity index (χ0v) is 31.3. The fraction of sp³-hybridized carbons (Fsp3) is 0.0357. The second-order valence-corrected chi connectivity index (χ2v) is 16.3. The molecule has 9 aromatic carbocycles. The van der Waals surface area contributed by atoms with E-state index in [1.165, 1.54) is 81.9 Å². The molecule has 0 radical (unpaired) electrons. The first kappa shape index (κ1) is 30.8. The Morgan fingerprint density at radius 2 is 1.10 bits per heavy atom. The van der Waals surface area contributed by atoms with Crippen molar-refractivity contribution in [3.05, 3.63) is 204 Å². The van der Waals surface area contributed by atoms with Crippen molar-refractivity contribution in [3.8, 4) is 11.1 Å². The van der Waals surface area contributed by atoms with Crippen LogP contribution in [-0.4, -0.2) is 0 Å². The normalized spacial score (nSPS) is 17.2. The highest BCUT2D eigenvalue weighted by atomic mass is 16.3. The van der Waals surface area contributed by atoms with Gasteiger partial charge in [-0.1, -0.05) is 140 Å². The Morgan fingerprint density at radius 1 is 0.431 bits per heavy atom. The third kappa shape index (κ3) is 4.01. The van der Waals surface area contributed by atoms with Crippen molar-refractivity contribution in [2.24, 2.45) is 5.92 Å². The van der Waals surface area contributed by atoms with E-state index in [4.69, 9.17) is 8.83 Å². The van der Waals surface area contributed by atoms with E-state index in [0.717, 1.165) is 49.6 Å². The molecule has 0 bridgehead atoms. The van der Waals surface area contributed by atoms with Gasteiger partial charge in [0, 0.05) is 38.8 Å². The molecule has 0 saturated heterocycles. The molecule has 58 heavy (non-hydrogen) atoms. The lowest BCUT2D eigenvalue weighted by atomic mass is 9.74. The summed E-state index contributed by atoms with van der Waals surface area (Å²) in [5, 5.41) is 14.3. The SMILES string of the molecule is C1=CC2=C(c3ccc4c(c3)oc3cc(-c5ccc6c(c5)c5ccccc5c5c6ccc6c5oc5ccc7ccccc7c56)ccc34)C=CC3c4ccccc4C(=C1)C23. The van der Waals surface area contributed by atoms with Crippen molar-refractivity contribution in [1.82, 2.24) is 0 Å². The van der Waals surface area contributed by atoms with Gasteiger partial charge < -0.3 is 8.83 Å². The first-order valence-corrected chi connectivity index (χ1v) is 20.2. The number of rotatable bonds is 2. The summed E-state index contributed by atoms with van der Waals surface area (Å²) >= 11 is 0. The number of hydrogen-bond donors (Lipinski definition) is 0. The molecule has 3 aliphatic rings. The van der Waals surface area contributed by atoms with Crippen molar-refractivity contribution in [3.63, 3.8) is 0 Å². The smallest absolute Gasteiger partial charge is 0.143 e. The van der Waals surface area contributed by atoms with Gasteiger partial charge in [-0.25, -0.2) is 0 Å². The Hall–Kier alpha value is -7.42. The summed E-state index contributed by atoms with van der Waals surface area (Å²) < 4.78 is 13.5. The van der Waals surface area contributed by atoms with Crippen LogP contribution >= 0.6 is 0 Å². The quantitative estimate of drug-likeness (QED) is 0.165. The molecule has 268 valence electrons. The largest absolute Gasteiger partial charge is 0.456 e. The van der Waals surface area contributed by atoms with Gasteiger partial charge in [0.25, 0.3) is 0 Å². The standard InChI is InChI=1S/C56H32O2/c1-2-9-36-31(8-1)19-27-50-54(36)48-26-25-47-40-20-16-32(28-49(40)39-12-5-6-13-45(39)55(47)56(48)58-50)33-17-21-41-42-22-18-34(30-52(42)57-51(41)29-33)35-23-24-46-38-11-4-3-10-37(38)44-15-7-14-43(35)53(44)46/h1-30,46,53H. The van der Waals surface area contributed by atoms with E-state index in [-0.39, 0.29) is 0 Å². The molecule has 2 heterocycles. The first-order chi connectivity index (χ1) is 28.7. The second kappa shape index (κ2) is 11.1. The van der Waals surface area contributed by atoms with Crippen molar-refractivity contribution in [2.75, 3.05) is 0 Å². The zero-order valence-electron chi connectivity index (χ0n) is 31.3. The molecule has 11 aromatic rings. The van der Waals surface area contributed by atoms with Gasteiger partial charge in [-0.3, -0.25) is 0 Å². The number of benzene rings is 9. The van der Waals surface area contributed by atoms with Crippen LogP contribution in [0, 0.1) is 5.92 Å². The van der Waals surface area contributed by atoms with E-state index in [9.17, 15) is 0 Å². The lowest BCUT2D eigenvalue weighted by Crippen LogP contribution is -2.14. The summed E-state index contributed by atoms with van der Waals surface area (Å²) in [5.41, 5.74) is 14.1. The predicted octanol–water partition coefficient (Wildman–Crippen LogP) is 15.5. The molecule has 2 unspecified atom stereocenters. The van der Waals surface area contributed by atoms with E-state index in [1.807, 2.05) is 0 Å². The van der Waals surface area contributed by atoms with Gasteiger partial charge in [0.15, 0.2) is 0 Å². The van der Waals surface area contributed by atoms with Crippen molar-refractivity contribution in [1.29, 1.82) is 0 Å². The number of allylic oxidation sites excluding steroid dienone is 8. The Labute approximate surface area is 332 Å². The van der Waals surface area contributed by atoms with Crippen molar-refractivity contribution >= 4 is 98.1 Å². The maximum atomic E-state index is 6.76. The Kier molecular flexibility index (Phi) is 5.90. The molecule has 2 aromatic heterocycles. The fourth-order valence-electron chi connectivity index (χ4n) is 10.9. The highest BCUT2D eigenvalue weighted by Gasteiger charge is 2.40. The third-order valence-corrected chi connectivity index (χ3v) is 13.4. The molecular weight excluding hydrogens is 705 g/mol. The molecule has 2 nitrogen and oxygen atoms in total. The zero-order chi connectivity index (χ0) is 37.6. The molecule has 0 amide bonds. The Balaban J connectivity index is 0.893. The number of hydrogen-bond acceptors (Lipinski definition) is 2. The average molecular weight is 737 g/mol. The van der Waals surface area contributed by atoms with Crippen LogP contribution in [0.4, 0.5) is 0 Å². The first-order valence-electron chi connectivity index (χ1n) is 20.2. The van der Waals surface area contributed by atoms with Gasteiger partial charge in [-0.2, -0.15) is 0 Å². The summed E-state index contributed by atoms with van der Waals surface area (Å²) in [6.07, 6.45) is 11.6. The molecule has 0 N–H and O–H groups in total. The minimum Gasteiger partial charge on any atom is -0.456 e. The molecule has 2 atom stereocenters. The number of fused-ring (bicyclic) bond motifs is 18. The summed E-state index contributed by atoms with van der Waals surface area (Å²) in [6, 6.07) is 55.4. The molecule has 0 aliphatic heterocycles. The minimum atomic E-state index is 0.361. The van der Waals surface area contributed by atoms with Gasteiger partial charge in [0.1, 0.15) is 22.3 Å². The molecular formula is C56H32O2. The highest BCUT2D eigenvalue weighted by molar-refractivity contribution is 6.34. The van der Waals surface area contributed by atoms with Gasteiger partial charge in [0.05, 0.1) is 0 Å². The molecule has 0 spiro atoms. The lowest BCUT2D eigenvalue weighted by molar-refractivity contribution is 0.669. The summed E-state index contributed by atoms with van der Waals surface area (Å²) in [5.74, 6) is 0.750. The van der Waals surface area contributed by atoms with Crippen LogP contribution in [0.3, 0.4) is 0 Å². The topological polar surface area (TPSA) is 26.3 Å². The summed E-state index contributed by atoms with van der Waals surface area (Å²) in [6.45, 7) is 0. The van der Waals surface area contributed by atoms with Crippen LogP contribution in [0.2, 0.25) is 0 Å². The summed E-state index contributed by atoms with van der Waals surface area (Å²) in [7, 11) is 0. The second-order valence-electron chi connectivity index (χ2n) is 16.3.